The van der Waals surface area contributed by atoms with Crippen LogP contribution in [0.4, 0.5) is 0 Å². The highest BCUT2D eigenvalue weighted by Crippen LogP contribution is 2.17. The van der Waals surface area contributed by atoms with Crippen LogP contribution in [0.3, 0.4) is 0 Å². The third-order valence-corrected chi connectivity index (χ3v) is 5.16. The highest BCUT2D eigenvalue weighted by atomic mass is 16.7. The Kier molecular flexibility index (Phi) is 17.4. The molecule has 2 rings (SSSR count). The van der Waals surface area contributed by atoms with Crippen molar-refractivity contribution in [1.82, 2.24) is 5.06 Å². The predicted octanol–water partition coefficient (Wildman–Crippen LogP) is 1.71. The Morgan fingerprint density at radius 3 is 1.52 bits per heavy atom. The van der Waals surface area contributed by atoms with E-state index in [0.29, 0.717) is 71.1 Å². The molecule has 1 fully saturated rings. The molecule has 0 radical (unpaired) electrons. The molecule has 224 valence electrons. The Labute approximate surface area is 233 Å². The molecule has 13 nitrogen and oxygen atoms in total. The molecule has 0 unspecified atom stereocenters. The van der Waals surface area contributed by atoms with Crippen LogP contribution in [0.1, 0.15) is 43.0 Å². The first-order chi connectivity index (χ1) is 19.5. The number of ether oxygens (including phenoxy) is 7. The Morgan fingerprint density at radius 1 is 0.650 bits per heavy atom. The van der Waals surface area contributed by atoms with Gasteiger partial charge in [-0.25, -0.2) is 4.79 Å². The lowest BCUT2D eigenvalue weighted by Gasteiger charge is -2.12. The van der Waals surface area contributed by atoms with Gasteiger partial charge in [-0.15, -0.1) is 5.06 Å². The fourth-order valence-electron chi connectivity index (χ4n) is 3.14. The number of hydrogen-bond donors (Lipinski definition) is 0. The van der Waals surface area contributed by atoms with Crippen molar-refractivity contribution < 1.29 is 57.2 Å². The number of hydroxylamine groups is 2. The van der Waals surface area contributed by atoms with Gasteiger partial charge < -0.3 is 38.0 Å². The fraction of sp³-hybridized carbons (Fsp3) is 0.630. The molecule has 0 bridgehead atoms. The molecule has 1 saturated heterocycles. The summed E-state index contributed by atoms with van der Waals surface area (Å²) in [6, 6.07) is 5.55. The van der Waals surface area contributed by atoms with E-state index in [1.165, 1.54) is 24.3 Å². The average Bonchev–Trinajstić information content (AvgIpc) is 3.26. The summed E-state index contributed by atoms with van der Waals surface area (Å²) in [5.74, 6) is -2.27. The molecular weight excluding hydrogens is 530 g/mol. The smallest absolute Gasteiger partial charge is 0.363 e. The molecular formula is C27H39NO12. The number of imide groups is 1. The molecule has 1 aromatic carbocycles. The van der Waals surface area contributed by atoms with Gasteiger partial charge in [-0.2, -0.15) is 0 Å². The molecule has 0 atom stereocenters. The highest BCUT2D eigenvalue weighted by molar-refractivity contribution is 6.02. The van der Waals surface area contributed by atoms with E-state index in [1.54, 1.807) is 0 Å². The van der Waals surface area contributed by atoms with E-state index in [-0.39, 0.29) is 37.2 Å². The Hall–Kier alpha value is -2.94. The van der Waals surface area contributed by atoms with Crippen molar-refractivity contribution in [3.05, 3.63) is 29.8 Å². The Balaban J connectivity index is 1.39. The first-order valence-corrected chi connectivity index (χ1v) is 13.4. The van der Waals surface area contributed by atoms with Gasteiger partial charge in [-0.1, -0.05) is 6.92 Å². The zero-order valence-electron chi connectivity index (χ0n) is 23.0. The van der Waals surface area contributed by atoms with Gasteiger partial charge in [0, 0.05) is 19.4 Å². The molecule has 2 amide bonds. The van der Waals surface area contributed by atoms with E-state index in [9.17, 15) is 19.2 Å². The zero-order valence-corrected chi connectivity index (χ0v) is 23.0. The van der Waals surface area contributed by atoms with Crippen LogP contribution in [0.15, 0.2) is 24.3 Å². The van der Waals surface area contributed by atoms with Crippen molar-refractivity contribution in [3.8, 4) is 5.75 Å². The molecule has 1 aromatic rings. The number of carbonyl (C=O) groups excluding carboxylic acids is 4. The maximum Gasteiger partial charge on any atom is 0.363 e. The highest BCUT2D eigenvalue weighted by Gasteiger charge is 2.33. The monoisotopic (exact) mass is 569 g/mol. The molecule has 0 aliphatic carbocycles. The van der Waals surface area contributed by atoms with Gasteiger partial charge in [-0.05, 0) is 30.7 Å². The topological polar surface area (TPSA) is 145 Å². The van der Waals surface area contributed by atoms with Crippen LogP contribution in [-0.2, 0) is 47.6 Å². The summed E-state index contributed by atoms with van der Waals surface area (Å²) < 4.78 is 37.5. The molecule has 1 aliphatic rings. The second-order valence-corrected chi connectivity index (χ2v) is 8.38. The van der Waals surface area contributed by atoms with Crippen LogP contribution in [-0.4, -0.2) is 108 Å². The molecule has 0 spiro atoms. The normalized spacial score (nSPS) is 13.2. The number of nitrogens with zero attached hydrogens (tertiary/aromatic N) is 1. The van der Waals surface area contributed by atoms with Crippen molar-refractivity contribution >= 4 is 23.8 Å². The Morgan fingerprint density at radius 2 is 1.07 bits per heavy atom. The minimum absolute atomic E-state index is 0.0109. The lowest BCUT2D eigenvalue weighted by molar-refractivity contribution is -0.172. The van der Waals surface area contributed by atoms with E-state index in [1.807, 2.05) is 0 Å². The first-order valence-electron chi connectivity index (χ1n) is 13.4. The average molecular weight is 570 g/mol. The van der Waals surface area contributed by atoms with Crippen LogP contribution >= 0.6 is 0 Å². The fourth-order valence-corrected chi connectivity index (χ4v) is 3.14. The molecule has 1 aliphatic heterocycles. The standard InChI is InChI=1S/C27H39NO12/c1-2-10-33-12-14-35-16-18-37-20-21-38-19-17-36-15-13-34-11-9-26(31)39-23-5-3-22(4-6-23)27(32)40-28-24(29)7-8-25(28)30/h3-6H,2,7-21H2,1H3. The number of benzene rings is 1. The summed E-state index contributed by atoms with van der Waals surface area (Å²) in [6.45, 7) is 7.66. The van der Waals surface area contributed by atoms with E-state index in [2.05, 4.69) is 6.92 Å². The molecule has 13 heteroatoms. The number of carbonyl (C=O) groups is 4. The minimum Gasteiger partial charge on any atom is -0.426 e. The Bertz CT molecular complexity index is 876. The summed E-state index contributed by atoms with van der Waals surface area (Å²) >= 11 is 0. The van der Waals surface area contributed by atoms with Gasteiger partial charge in [0.05, 0.1) is 84.7 Å². The summed E-state index contributed by atoms with van der Waals surface area (Å²) in [5, 5.41) is 0.470. The molecule has 0 N–H and O–H groups in total. The van der Waals surface area contributed by atoms with Gasteiger partial charge in [0.2, 0.25) is 0 Å². The summed E-state index contributed by atoms with van der Waals surface area (Å²) in [5.41, 5.74) is 0.0968. The molecule has 40 heavy (non-hydrogen) atoms. The summed E-state index contributed by atoms with van der Waals surface area (Å²) in [4.78, 5) is 52.0. The minimum atomic E-state index is -0.862. The second kappa shape index (κ2) is 20.9. The van der Waals surface area contributed by atoms with Crippen LogP contribution < -0.4 is 4.74 Å². The summed E-state index contributed by atoms with van der Waals surface area (Å²) in [7, 11) is 0. The van der Waals surface area contributed by atoms with Gasteiger partial charge >= 0.3 is 11.9 Å². The third-order valence-electron chi connectivity index (χ3n) is 5.16. The largest absolute Gasteiger partial charge is 0.426 e. The molecule has 0 aromatic heterocycles. The predicted molar refractivity (Wildman–Crippen MR) is 138 cm³/mol. The maximum absolute atomic E-state index is 12.1. The first kappa shape index (κ1) is 33.3. The number of amides is 2. The second-order valence-electron chi connectivity index (χ2n) is 8.38. The van der Waals surface area contributed by atoms with E-state index >= 15 is 0 Å². The SMILES string of the molecule is CCCOCCOCCOCCOCCOCCOCCC(=O)Oc1ccc(C(=O)ON2C(=O)CCC2=O)cc1. The zero-order chi connectivity index (χ0) is 28.8. The van der Waals surface area contributed by atoms with Crippen LogP contribution in [0.25, 0.3) is 0 Å². The number of rotatable bonds is 23. The van der Waals surface area contributed by atoms with Crippen molar-refractivity contribution in [2.24, 2.45) is 0 Å². The van der Waals surface area contributed by atoms with E-state index in [4.69, 9.17) is 38.0 Å². The quantitative estimate of drug-likeness (QED) is 0.0818. The van der Waals surface area contributed by atoms with Crippen LogP contribution in [0.2, 0.25) is 0 Å². The van der Waals surface area contributed by atoms with Crippen molar-refractivity contribution in [1.29, 1.82) is 0 Å². The van der Waals surface area contributed by atoms with Crippen molar-refractivity contribution in [2.75, 3.05) is 79.3 Å². The van der Waals surface area contributed by atoms with Gasteiger partial charge in [-0.3, -0.25) is 14.4 Å². The number of esters is 1. The van der Waals surface area contributed by atoms with Gasteiger partial charge in [0.25, 0.3) is 11.8 Å². The van der Waals surface area contributed by atoms with Gasteiger partial charge in [0.1, 0.15) is 5.75 Å². The third kappa shape index (κ3) is 14.4. The lowest BCUT2D eigenvalue weighted by atomic mass is 10.2. The van der Waals surface area contributed by atoms with E-state index in [0.717, 1.165) is 13.0 Å². The van der Waals surface area contributed by atoms with Crippen molar-refractivity contribution in [3.63, 3.8) is 0 Å². The van der Waals surface area contributed by atoms with Crippen LogP contribution in [0, 0.1) is 0 Å². The lowest BCUT2D eigenvalue weighted by Crippen LogP contribution is -2.32. The molecule has 0 saturated carbocycles. The van der Waals surface area contributed by atoms with Gasteiger partial charge in [0.15, 0.2) is 0 Å². The maximum atomic E-state index is 12.1. The van der Waals surface area contributed by atoms with E-state index < -0.39 is 23.8 Å². The molecule has 1 heterocycles. The number of hydrogen-bond acceptors (Lipinski definition) is 12. The van der Waals surface area contributed by atoms with Crippen LogP contribution in [0.5, 0.6) is 5.75 Å². The summed E-state index contributed by atoms with van der Waals surface area (Å²) in [6.07, 6.45) is 1.05. The van der Waals surface area contributed by atoms with Crippen molar-refractivity contribution in [2.45, 2.75) is 32.6 Å².